The van der Waals surface area contributed by atoms with E-state index in [4.69, 9.17) is 0 Å². The molecule has 34 heavy (non-hydrogen) atoms. The number of benzene rings is 3. The highest BCUT2D eigenvalue weighted by Gasteiger charge is 2.23. The van der Waals surface area contributed by atoms with Crippen LogP contribution in [-0.4, -0.2) is 30.9 Å². The molecule has 0 unspecified atom stereocenters. The van der Waals surface area contributed by atoms with Gasteiger partial charge in [0.1, 0.15) is 0 Å². The SMILES string of the molecule is CCn1c(SCC(=O)c2c(-c3ccccc3)n(C)c3ccccc23)nnc1-c1cccc(C)c1. The van der Waals surface area contributed by atoms with Gasteiger partial charge in [0.25, 0.3) is 0 Å². The number of hydrogen-bond donors (Lipinski definition) is 0. The third kappa shape index (κ3) is 3.94. The van der Waals surface area contributed by atoms with Crippen molar-refractivity contribution in [1.29, 1.82) is 0 Å². The Hall–Kier alpha value is -3.64. The average molecular weight is 467 g/mol. The van der Waals surface area contributed by atoms with Crippen LogP contribution >= 0.6 is 11.8 Å². The van der Waals surface area contributed by atoms with Gasteiger partial charge in [0.05, 0.1) is 17.0 Å². The third-order valence-electron chi connectivity index (χ3n) is 6.07. The third-order valence-corrected chi connectivity index (χ3v) is 7.04. The van der Waals surface area contributed by atoms with E-state index < -0.39 is 0 Å². The van der Waals surface area contributed by atoms with Crippen LogP contribution in [0.1, 0.15) is 22.8 Å². The number of Topliss-reactive ketones (excluding diaryl/α,β-unsaturated/α-hetero) is 1. The van der Waals surface area contributed by atoms with Crippen LogP contribution in [0.25, 0.3) is 33.5 Å². The standard InChI is InChI=1S/C28H26N4OS/c1-4-32-27(21-14-10-11-19(2)17-21)29-30-28(32)34-18-24(33)25-22-15-8-9-16-23(22)31(3)26(25)20-12-6-5-7-13-20/h5-17H,4,18H2,1-3H3. The maximum atomic E-state index is 13.7. The molecular weight excluding hydrogens is 440 g/mol. The largest absolute Gasteiger partial charge is 0.343 e. The topological polar surface area (TPSA) is 52.7 Å². The second kappa shape index (κ2) is 9.31. The number of fused-ring (bicyclic) bond motifs is 1. The van der Waals surface area contributed by atoms with E-state index in [0.29, 0.717) is 5.75 Å². The molecule has 3 aromatic carbocycles. The number of rotatable bonds is 7. The van der Waals surface area contributed by atoms with Crippen LogP contribution < -0.4 is 0 Å². The van der Waals surface area contributed by atoms with E-state index in [1.165, 1.54) is 17.3 Å². The van der Waals surface area contributed by atoms with Gasteiger partial charge in [0.15, 0.2) is 16.8 Å². The molecule has 0 fully saturated rings. The lowest BCUT2D eigenvalue weighted by molar-refractivity contribution is 0.102. The molecule has 0 atom stereocenters. The molecule has 5 aromatic rings. The number of carbonyl (C=O) groups is 1. The molecule has 0 aliphatic carbocycles. The summed E-state index contributed by atoms with van der Waals surface area (Å²) in [5, 5.41) is 10.6. The van der Waals surface area contributed by atoms with Crippen LogP contribution in [0.15, 0.2) is 84.0 Å². The normalized spacial score (nSPS) is 11.3. The summed E-state index contributed by atoms with van der Waals surface area (Å²) in [6.45, 7) is 4.88. The van der Waals surface area contributed by atoms with Gasteiger partial charge in [-0.3, -0.25) is 4.79 Å². The number of nitrogens with zero attached hydrogens (tertiary/aromatic N) is 4. The molecule has 5 rings (SSSR count). The molecule has 0 radical (unpaired) electrons. The lowest BCUT2D eigenvalue weighted by Gasteiger charge is -2.09. The van der Waals surface area contributed by atoms with Crippen LogP contribution in [0.3, 0.4) is 0 Å². The van der Waals surface area contributed by atoms with Gasteiger partial charge in [0.2, 0.25) is 0 Å². The van der Waals surface area contributed by atoms with E-state index in [0.717, 1.165) is 50.8 Å². The van der Waals surface area contributed by atoms with Crippen LogP contribution in [0.5, 0.6) is 0 Å². The minimum absolute atomic E-state index is 0.0865. The predicted octanol–water partition coefficient (Wildman–Crippen LogP) is 6.41. The monoisotopic (exact) mass is 466 g/mol. The molecule has 170 valence electrons. The van der Waals surface area contributed by atoms with Crippen molar-refractivity contribution in [3.05, 3.63) is 90.0 Å². The van der Waals surface area contributed by atoms with Crippen molar-refractivity contribution in [2.75, 3.05) is 5.75 Å². The predicted molar refractivity (Wildman–Crippen MR) is 139 cm³/mol. The van der Waals surface area contributed by atoms with Crippen molar-refractivity contribution in [3.63, 3.8) is 0 Å². The van der Waals surface area contributed by atoms with Gasteiger partial charge in [-0.05, 0) is 31.5 Å². The number of thioether (sulfide) groups is 1. The lowest BCUT2D eigenvalue weighted by atomic mass is 10.0. The van der Waals surface area contributed by atoms with Gasteiger partial charge in [0, 0.05) is 30.1 Å². The number of aromatic nitrogens is 4. The smallest absolute Gasteiger partial charge is 0.191 e. The zero-order valence-electron chi connectivity index (χ0n) is 19.5. The summed E-state index contributed by atoms with van der Waals surface area (Å²) in [5.74, 6) is 1.21. The maximum Gasteiger partial charge on any atom is 0.191 e. The Balaban J connectivity index is 1.49. The maximum absolute atomic E-state index is 13.7. The fourth-order valence-electron chi connectivity index (χ4n) is 4.49. The zero-order chi connectivity index (χ0) is 23.7. The van der Waals surface area contributed by atoms with Crippen LogP contribution in [0, 0.1) is 6.92 Å². The van der Waals surface area contributed by atoms with Gasteiger partial charge in [-0.25, -0.2) is 0 Å². The molecule has 0 N–H and O–H groups in total. The Morgan fingerprint density at radius 3 is 2.41 bits per heavy atom. The Morgan fingerprint density at radius 2 is 1.65 bits per heavy atom. The van der Waals surface area contributed by atoms with E-state index in [1.54, 1.807) is 0 Å². The Bertz CT molecular complexity index is 1480. The lowest BCUT2D eigenvalue weighted by Crippen LogP contribution is -2.07. The van der Waals surface area contributed by atoms with E-state index in [-0.39, 0.29) is 5.78 Å². The molecule has 6 heteroatoms. The highest BCUT2D eigenvalue weighted by atomic mass is 32.2. The second-order valence-corrected chi connectivity index (χ2v) is 9.24. The van der Waals surface area contributed by atoms with Crippen molar-refractivity contribution in [3.8, 4) is 22.6 Å². The fourth-order valence-corrected chi connectivity index (χ4v) is 5.36. The second-order valence-electron chi connectivity index (χ2n) is 8.30. The van der Waals surface area contributed by atoms with Crippen molar-refractivity contribution < 1.29 is 4.79 Å². The number of para-hydroxylation sites is 1. The Labute approximate surface area is 203 Å². The molecule has 2 aromatic heterocycles. The van der Waals surface area contributed by atoms with E-state index >= 15 is 0 Å². The zero-order valence-corrected chi connectivity index (χ0v) is 20.3. The average Bonchev–Trinajstić information content (AvgIpc) is 3.41. The van der Waals surface area contributed by atoms with Gasteiger partial charge in [-0.2, -0.15) is 0 Å². The number of ketones is 1. The van der Waals surface area contributed by atoms with Crippen molar-refractivity contribution >= 4 is 28.4 Å². The summed E-state index contributed by atoms with van der Waals surface area (Å²) in [5.41, 5.74) is 6.01. The first-order valence-electron chi connectivity index (χ1n) is 11.4. The summed E-state index contributed by atoms with van der Waals surface area (Å²) in [4.78, 5) is 13.7. The first-order chi connectivity index (χ1) is 16.6. The number of carbonyl (C=O) groups excluding carboxylic acids is 1. The Morgan fingerprint density at radius 1 is 0.912 bits per heavy atom. The molecule has 0 saturated carbocycles. The van der Waals surface area contributed by atoms with Gasteiger partial charge in [-0.1, -0.05) is 84.1 Å². The van der Waals surface area contributed by atoms with Gasteiger partial charge < -0.3 is 9.13 Å². The highest BCUT2D eigenvalue weighted by Crippen LogP contribution is 2.34. The molecule has 0 spiro atoms. The first-order valence-corrected chi connectivity index (χ1v) is 12.4. The molecule has 0 aliphatic heterocycles. The molecule has 0 amide bonds. The minimum Gasteiger partial charge on any atom is -0.343 e. The van der Waals surface area contributed by atoms with Crippen LogP contribution in [-0.2, 0) is 13.6 Å². The van der Waals surface area contributed by atoms with Gasteiger partial charge >= 0.3 is 0 Å². The molecule has 0 saturated heterocycles. The summed E-state index contributed by atoms with van der Waals surface area (Å²) < 4.78 is 4.20. The molecular formula is C28H26N4OS. The molecule has 5 nitrogen and oxygen atoms in total. The Kier molecular flexibility index (Phi) is 6.07. The summed E-state index contributed by atoms with van der Waals surface area (Å²) >= 11 is 1.45. The minimum atomic E-state index is 0.0865. The summed E-state index contributed by atoms with van der Waals surface area (Å²) in [6.07, 6.45) is 0. The molecule has 0 bridgehead atoms. The highest BCUT2D eigenvalue weighted by molar-refractivity contribution is 7.99. The van der Waals surface area contributed by atoms with E-state index in [9.17, 15) is 4.79 Å². The quantitative estimate of drug-likeness (QED) is 0.205. The van der Waals surface area contributed by atoms with Crippen molar-refractivity contribution in [2.45, 2.75) is 25.5 Å². The van der Waals surface area contributed by atoms with Crippen molar-refractivity contribution in [1.82, 2.24) is 19.3 Å². The van der Waals surface area contributed by atoms with Crippen LogP contribution in [0.4, 0.5) is 0 Å². The summed E-state index contributed by atoms with van der Waals surface area (Å²) in [6, 6.07) is 26.5. The van der Waals surface area contributed by atoms with E-state index in [1.807, 2.05) is 55.6 Å². The van der Waals surface area contributed by atoms with Gasteiger partial charge in [-0.15, -0.1) is 10.2 Å². The number of aryl methyl sites for hydroxylation is 2. The molecule has 2 heterocycles. The fraction of sp³-hybridized carbons (Fsp3) is 0.179. The summed E-state index contributed by atoms with van der Waals surface area (Å²) in [7, 11) is 2.02. The first kappa shape index (κ1) is 22.2. The molecule has 0 aliphatic rings. The number of hydrogen-bond acceptors (Lipinski definition) is 4. The van der Waals surface area contributed by atoms with Crippen molar-refractivity contribution in [2.24, 2.45) is 7.05 Å². The van der Waals surface area contributed by atoms with Crippen LogP contribution in [0.2, 0.25) is 0 Å². The van der Waals surface area contributed by atoms with E-state index in [2.05, 4.69) is 63.5 Å².